The van der Waals surface area contributed by atoms with Gasteiger partial charge in [-0.15, -0.1) is 0 Å². The van der Waals surface area contributed by atoms with Crippen LogP contribution in [0.15, 0.2) is 0 Å². The summed E-state index contributed by atoms with van der Waals surface area (Å²) in [6.45, 7) is 1.92. The molecule has 0 aliphatic heterocycles. The minimum atomic E-state index is -0.918. The molecule has 0 aromatic heterocycles. The fraction of sp³-hybridized carbons (Fsp3) is 0.833. The summed E-state index contributed by atoms with van der Waals surface area (Å²) in [5, 5.41) is 11.6. The Balaban J connectivity index is 1.79. The number of carboxylic acids is 1. The molecule has 4 nitrogen and oxygen atoms in total. The second-order valence-corrected chi connectivity index (χ2v) is 5.03. The highest BCUT2D eigenvalue weighted by atomic mass is 16.4. The van der Waals surface area contributed by atoms with Crippen LogP contribution in [0.3, 0.4) is 0 Å². The molecular formula is C12H19NO3. The van der Waals surface area contributed by atoms with E-state index in [1.165, 1.54) is 12.8 Å². The summed E-state index contributed by atoms with van der Waals surface area (Å²) in [6.07, 6.45) is 4.77. The lowest BCUT2D eigenvalue weighted by Crippen LogP contribution is -2.41. The molecule has 0 unspecified atom stereocenters. The molecule has 4 heteroatoms. The number of hydrogen-bond donors (Lipinski definition) is 2. The van der Waals surface area contributed by atoms with Crippen LogP contribution in [-0.4, -0.2) is 23.0 Å². The van der Waals surface area contributed by atoms with Crippen molar-refractivity contribution in [2.24, 2.45) is 17.8 Å². The van der Waals surface area contributed by atoms with Gasteiger partial charge < -0.3 is 10.4 Å². The molecule has 0 spiro atoms. The quantitative estimate of drug-likeness (QED) is 0.718. The average molecular weight is 225 g/mol. The lowest BCUT2D eigenvalue weighted by molar-refractivity contribution is -0.142. The van der Waals surface area contributed by atoms with Gasteiger partial charge in [-0.05, 0) is 37.5 Å². The Hall–Kier alpha value is -1.06. The molecule has 0 aromatic rings. The number of hydrogen-bond acceptors (Lipinski definition) is 2. The topological polar surface area (TPSA) is 66.4 Å². The van der Waals surface area contributed by atoms with Gasteiger partial charge in [0.1, 0.15) is 6.04 Å². The maximum absolute atomic E-state index is 11.8. The van der Waals surface area contributed by atoms with Crippen molar-refractivity contribution < 1.29 is 14.7 Å². The van der Waals surface area contributed by atoms with Crippen LogP contribution in [0, 0.1) is 17.8 Å². The fourth-order valence-corrected chi connectivity index (χ4v) is 2.39. The number of carbonyl (C=O) groups excluding carboxylic acids is 1. The van der Waals surface area contributed by atoms with Crippen molar-refractivity contribution in [2.45, 2.75) is 45.1 Å². The van der Waals surface area contributed by atoms with Crippen LogP contribution < -0.4 is 5.32 Å². The van der Waals surface area contributed by atoms with Gasteiger partial charge in [0.15, 0.2) is 0 Å². The van der Waals surface area contributed by atoms with Crippen LogP contribution in [0.4, 0.5) is 0 Å². The number of nitrogens with one attached hydrogen (secondary N) is 1. The molecule has 0 heterocycles. The van der Waals surface area contributed by atoms with Crippen molar-refractivity contribution in [2.75, 3.05) is 0 Å². The van der Waals surface area contributed by atoms with E-state index < -0.39 is 12.0 Å². The Kier molecular flexibility index (Phi) is 3.17. The van der Waals surface area contributed by atoms with Gasteiger partial charge in [-0.25, -0.2) is 4.79 Å². The van der Waals surface area contributed by atoms with Gasteiger partial charge in [-0.3, -0.25) is 4.79 Å². The van der Waals surface area contributed by atoms with Gasteiger partial charge >= 0.3 is 5.97 Å². The second kappa shape index (κ2) is 4.44. The Morgan fingerprint density at radius 2 is 2.12 bits per heavy atom. The Morgan fingerprint density at radius 1 is 1.44 bits per heavy atom. The molecule has 2 aliphatic rings. The molecule has 2 rings (SSSR count). The van der Waals surface area contributed by atoms with Crippen molar-refractivity contribution in [3.05, 3.63) is 0 Å². The second-order valence-electron chi connectivity index (χ2n) is 5.03. The van der Waals surface area contributed by atoms with E-state index in [0.29, 0.717) is 12.3 Å². The third-order valence-corrected chi connectivity index (χ3v) is 3.60. The summed E-state index contributed by atoms with van der Waals surface area (Å²) < 4.78 is 0. The van der Waals surface area contributed by atoms with Crippen molar-refractivity contribution in [1.82, 2.24) is 5.32 Å². The number of carbonyl (C=O) groups is 2. The number of aliphatic carboxylic acids is 1. The molecule has 2 aliphatic carbocycles. The lowest BCUT2D eigenvalue weighted by atomic mass is 10.1. The van der Waals surface area contributed by atoms with Crippen LogP contribution in [-0.2, 0) is 9.59 Å². The van der Waals surface area contributed by atoms with Crippen LogP contribution >= 0.6 is 0 Å². The van der Waals surface area contributed by atoms with Crippen LogP contribution in [0.1, 0.15) is 39.0 Å². The van der Waals surface area contributed by atoms with Gasteiger partial charge in [-0.1, -0.05) is 13.3 Å². The van der Waals surface area contributed by atoms with Crippen LogP contribution in [0.5, 0.6) is 0 Å². The van der Waals surface area contributed by atoms with Gasteiger partial charge in [0, 0.05) is 5.92 Å². The van der Waals surface area contributed by atoms with Gasteiger partial charge in [0.25, 0.3) is 0 Å². The number of carboxylic acid groups (broad SMARTS) is 1. The Morgan fingerprint density at radius 3 is 2.62 bits per heavy atom. The first-order valence-corrected chi connectivity index (χ1v) is 6.16. The standard InChI is InChI=1S/C12H19NO3/c1-2-3-10(12(15)16)13-11(14)9-6-8(9)7-4-5-7/h7-10H,2-6H2,1H3,(H,13,14)(H,15,16)/t8-,9-,10+/m1/s1. The van der Waals surface area contributed by atoms with Crippen molar-refractivity contribution in [3.8, 4) is 0 Å². The van der Waals surface area contributed by atoms with Gasteiger partial charge in [0.2, 0.25) is 5.91 Å². The average Bonchev–Trinajstić information content (AvgIpc) is 3.06. The van der Waals surface area contributed by atoms with Crippen molar-refractivity contribution >= 4 is 11.9 Å². The molecule has 3 atom stereocenters. The van der Waals surface area contributed by atoms with E-state index in [4.69, 9.17) is 5.11 Å². The minimum Gasteiger partial charge on any atom is -0.480 e. The molecule has 0 saturated heterocycles. The van der Waals surface area contributed by atoms with E-state index >= 15 is 0 Å². The molecule has 2 N–H and O–H groups in total. The third-order valence-electron chi connectivity index (χ3n) is 3.60. The maximum Gasteiger partial charge on any atom is 0.326 e. The zero-order valence-electron chi connectivity index (χ0n) is 9.61. The molecule has 0 bridgehead atoms. The fourth-order valence-electron chi connectivity index (χ4n) is 2.39. The summed E-state index contributed by atoms with van der Waals surface area (Å²) in [7, 11) is 0. The highest BCUT2D eigenvalue weighted by molar-refractivity contribution is 5.86. The maximum atomic E-state index is 11.8. The highest BCUT2D eigenvalue weighted by Gasteiger charge is 2.51. The molecule has 0 radical (unpaired) electrons. The van der Waals surface area contributed by atoms with E-state index in [-0.39, 0.29) is 11.8 Å². The first-order chi connectivity index (χ1) is 7.63. The zero-order valence-corrected chi connectivity index (χ0v) is 9.61. The minimum absolute atomic E-state index is 0.0437. The van der Waals surface area contributed by atoms with Gasteiger partial charge in [-0.2, -0.15) is 0 Å². The number of amides is 1. The summed E-state index contributed by atoms with van der Waals surface area (Å²) in [6, 6.07) is -0.696. The molecule has 90 valence electrons. The summed E-state index contributed by atoms with van der Waals surface area (Å²) in [5.74, 6) is 0.448. The van der Waals surface area contributed by atoms with Crippen LogP contribution in [0.2, 0.25) is 0 Å². The third kappa shape index (κ3) is 2.54. The highest BCUT2D eigenvalue weighted by Crippen LogP contribution is 2.54. The summed E-state index contributed by atoms with van der Waals surface area (Å²) in [4.78, 5) is 22.6. The molecular weight excluding hydrogens is 206 g/mol. The summed E-state index contributed by atoms with van der Waals surface area (Å²) >= 11 is 0. The largest absolute Gasteiger partial charge is 0.480 e. The van der Waals surface area contributed by atoms with E-state index in [2.05, 4.69) is 5.32 Å². The Bertz CT molecular complexity index is 299. The van der Waals surface area contributed by atoms with E-state index in [1.54, 1.807) is 0 Å². The molecule has 2 fully saturated rings. The van der Waals surface area contributed by atoms with E-state index in [9.17, 15) is 9.59 Å². The molecule has 1 amide bonds. The van der Waals surface area contributed by atoms with Crippen molar-refractivity contribution in [3.63, 3.8) is 0 Å². The molecule has 2 saturated carbocycles. The van der Waals surface area contributed by atoms with Crippen molar-refractivity contribution in [1.29, 1.82) is 0 Å². The Labute approximate surface area is 95.4 Å². The first-order valence-electron chi connectivity index (χ1n) is 6.16. The molecule has 16 heavy (non-hydrogen) atoms. The van der Waals surface area contributed by atoms with E-state index in [0.717, 1.165) is 18.8 Å². The van der Waals surface area contributed by atoms with E-state index in [1.807, 2.05) is 6.92 Å². The van der Waals surface area contributed by atoms with Crippen LogP contribution in [0.25, 0.3) is 0 Å². The lowest BCUT2D eigenvalue weighted by Gasteiger charge is -2.13. The number of rotatable bonds is 6. The zero-order chi connectivity index (χ0) is 11.7. The predicted molar refractivity (Wildman–Crippen MR) is 58.8 cm³/mol. The SMILES string of the molecule is CCC[C@H](NC(=O)[C@@H]1C[C@@H]1C1CC1)C(=O)O. The summed E-state index contributed by atoms with van der Waals surface area (Å²) in [5.41, 5.74) is 0. The smallest absolute Gasteiger partial charge is 0.326 e. The molecule has 0 aromatic carbocycles. The predicted octanol–water partition coefficient (Wildman–Crippen LogP) is 1.40. The normalized spacial score (nSPS) is 29.6. The monoisotopic (exact) mass is 225 g/mol. The van der Waals surface area contributed by atoms with Gasteiger partial charge in [0.05, 0.1) is 0 Å². The first kappa shape index (κ1) is 11.4.